The minimum Gasteiger partial charge on any atom is -0.339 e. The van der Waals surface area contributed by atoms with Gasteiger partial charge in [0.2, 0.25) is 5.91 Å². The Balaban J connectivity index is 1.78. The minimum absolute atomic E-state index is 0.0379. The molecule has 0 bridgehead atoms. The van der Waals surface area contributed by atoms with Gasteiger partial charge in [0.15, 0.2) is 0 Å². The van der Waals surface area contributed by atoms with Crippen molar-refractivity contribution in [2.75, 3.05) is 32.7 Å². The van der Waals surface area contributed by atoms with Gasteiger partial charge in [-0.3, -0.25) is 4.79 Å². The first-order valence-electron chi connectivity index (χ1n) is 5.11. The van der Waals surface area contributed by atoms with Crippen molar-refractivity contribution in [3.8, 4) is 0 Å². The summed E-state index contributed by atoms with van der Waals surface area (Å²) in [7, 11) is 0. The van der Waals surface area contributed by atoms with Crippen LogP contribution in [0.1, 0.15) is 6.42 Å². The monoisotopic (exact) mass is 231 g/mol. The second kappa shape index (κ2) is 4.26. The standard InChI is InChI=1S/C9H14ClN3O2/c10-7-5-8(14)13(6-7)4-3-12-2-1-11-9(12)15/h7H,1-6H2,(H,11,15). The Labute approximate surface area is 93.3 Å². The Hall–Kier alpha value is -0.970. The second-order valence-corrected chi connectivity index (χ2v) is 4.48. The van der Waals surface area contributed by atoms with E-state index >= 15 is 0 Å². The lowest BCUT2D eigenvalue weighted by Crippen LogP contribution is -2.37. The molecule has 0 saturated carbocycles. The van der Waals surface area contributed by atoms with E-state index in [0.717, 1.165) is 6.54 Å². The highest BCUT2D eigenvalue weighted by Crippen LogP contribution is 2.15. The van der Waals surface area contributed by atoms with Crippen LogP contribution in [0.15, 0.2) is 0 Å². The Kier molecular flexibility index (Phi) is 3.00. The Morgan fingerprint density at radius 1 is 1.33 bits per heavy atom. The predicted molar refractivity (Wildman–Crippen MR) is 55.8 cm³/mol. The summed E-state index contributed by atoms with van der Waals surface area (Å²) in [5, 5.41) is 2.66. The molecule has 0 aromatic carbocycles. The van der Waals surface area contributed by atoms with Crippen LogP contribution in [0.4, 0.5) is 4.79 Å². The van der Waals surface area contributed by atoms with E-state index in [9.17, 15) is 9.59 Å². The largest absolute Gasteiger partial charge is 0.339 e. The lowest BCUT2D eigenvalue weighted by Gasteiger charge is -2.20. The maximum Gasteiger partial charge on any atom is 0.317 e. The van der Waals surface area contributed by atoms with E-state index in [4.69, 9.17) is 11.6 Å². The van der Waals surface area contributed by atoms with Gasteiger partial charge in [-0.2, -0.15) is 0 Å². The van der Waals surface area contributed by atoms with Gasteiger partial charge in [-0.25, -0.2) is 4.79 Å². The van der Waals surface area contributed by atoms with Crippen molar-refractivity contribution in [3.63, 3.8) is 0 Å². The third kappa shape index (κ3) is 2.34. The third-order valence-electron chi connectivity index (χ3n) is 2.75. The van der Waals surface area contributed by atoms with Crippen molar-refractivity contribution in [2.24, 2.45) is 0 Å². The summed E-state index contributed by atoms with van der Waals surface area (Å²) in [6, 6.07) is -0.0379. The zero-order chi connectivity index (χ0) is 10.8. The summed E-state index contributed by atoms with van der Waals surface area (Å²) in [4.78, 5) is 26.0. The second-order valence-electron chi connectivity index (χ2n) is 3.86. The van der Waals surface area contributed by atoms with E-state index < -0.39 is 0 Å². The molecule has 2 heterocycles. The van der Waals surface area contributed by atoms with Crippen molar-refractivity contribution in [1.82, 2.24) is 15.1 Å². The quantitative estimate of drug-likeness (QED) is 0.687. The van der Waals surface area contributed by atoms with Crippen LogP contribution in [0.3, 0.4) is 0 Å². The minimum atomic E-state index is -0.0649. The first-order chi connectivity index (χ1) is 7.16. The lowest BCUT2D eigenvalue weighted by atomic mass is 10.4. The van der Waals surface area contributed by atoms with E-state index in [1.165, 1.54) is 0 Å². The zero-order valence-electron chi connectivity index (χ0n) is 8.41. The maximum absolute atomic E-state index is 11.4. The fraction of sp³-hybridized carbons (Fsp3) is 0.778. The smallest absolute Gasteiger partial charge is 0.317 e. The highest BCUT2D eigenvalue weighted by molar-refractivity contribution is 6.22. The van der Waals surface area contributed by atoms with Crippen molar-refractivity contribution in [3.05, 3.63) is 0 Å². The van der Waals surface area contributed by atoms with Gasteiger partial charge in [0.1, 0.15) is 0 Å². The molecule has 15 heavy (non-hydrogen) atoms. The van der Waals surface area contributed by atoms with Gasteiger partial charge in [-0.15, -0.1) is 11.6 Å². The Morgan fingerprint density at radius 2 is 2.07 bits per heavy atom. The van der Waals surface area contributed by atoms with Gasteiger partial charge in [0.25, 0.3) is 0 Å². The number of nitrogens with zero attached hydrogens (tertiary/aromatic N) is 2. The summed E-state index contributed by atoms with van der Waals surface area (Å²) in [5.74, 6) is 0.0922. The molecule has 1 unspecified atom stereocenters. The maximum atomic E-state index is 11.4. The molecule has 2 fully saturated rings. The molecular formula is C9H14ClN3O2. The van der Waals surface area contributed by atoms with Crippen LogP contribution in [-0.2, 0) is 4.79 Å². The number of hydrogen-bond acceptors (Lipinski definition) is 2. The lowest BCUT2D eigenvalue weighted by molar-refractivity contribution is -0.127. The summed E-state index contributed by atoms with van der Waals surface area (Å²) in [6.45, 7) is 3.22. The van der Waals surface area contributed by atoms with Crippen LogP contribution in [-0.4, -0.2) is 59.8 Å². The van der Waals surface area contributed by atoms with E-state index in [2.05, 4.69) is 5.32 Å². The zero-order valence-corrected chi connectivity index (χ0v) is 9.16. The summed E-state index contributed by atoms with van der Waals surface area (Å²) >= 11 is 5.87. The highest BCUT2D eigenvalue weighted by atomic mass is 35.5. The Morgan fingerprint density at radius 3 is 2.60 bits per heavy atom. The molecule has 0 aromatic rings. The summed E-state index contributed by atoms with van der Waals surface area (Å²) in [5.41, 5.74) is 0. The third-order valence-corrected chi connectivity index (χ3v) is 3.04. The van der Waals surface area contributed by atoms with E-state index in [0.29, 0.717) is 32.6 Å². The first-order valence-corrected chi connectivity index (χ1v) is 5.55. The van der Waals surface area contributed by atoms with E-state index in [-0.39, 0.29) is 17.3 Å². The number of urea groups is 1. The number of amides is 3. The molecule has 0 spiro atoms. The fourth-order valence-corrected chi connectivity index (χ4v) is 2.20. The number of rotatable bonds is 3. The average molecular weight is 232 g/mol. The molecule has 0 aliphatic carbocycles. The van der Waals surface area contributed by atoms with E-state index in [1.807, 2.05) is 0 Å². The first kappa shape index (κ1) is 10.5. The molecule has 2 rings (SSSR count). The van der Waals surface area contributed by atoms with Gasteiger partial charge in [-0.1, -0.05) is 0 Å². The van der Waals surface area contributed by atoms with Crippen molar-refractivity contribution in [2.45, 2.75) is 11.8 Å². The number of nitrogens with one attached hydrogen (secondary N) is 1. The van der Waals surface area contributed by atoms with Crippen molar-refractivity contribution in [1.29, 1.82) is 0 Å². The highest BCUT2D eigenvalue weighted by Gasteiger charge is 2.29. The van der Waals surface area contributed by atoms with Crippen LogP contribution in [0.25, 0.3) is 0 Å². The van der Waals surface area contributed by atoms with Gasteiger partial charge >= 0.3 is 6.03 Å². The van der Waals surface area contributed by atoms with Crippen molar-refractivity contribution >= 4 is 23.5 Å². The van der Waals surface area contributed by atoms with Gasteiger partial charge < -0.3 is 15.1 Å². The normalized spacial score (nSPS) is 26.3. The van der Waals surface area contributed by atoms with Gasteiger partial charge in [0.05, 0.1) is 5.38 Å². The molecule has 2 saturated heterocycles. The van der Waals surface area contributed by atoms with Crippen LogP contribution in [0.2, 0.25) is 0 Å². The molecular weight excluding hydrogens is 218 g/mol. The number of carbonyl (C=O) groups excluding carboxylic acids is 2. The molecule has 5 nitrogen and oxygen atoms in total. The molecule has 2 aliphatic heterocycles. The number of hydrogen-bond donors (Lipinski definition) is 1. The van der Waals surface area contributed by atoms with Crippen LogP contribution in [0, 0.1) is 0 Å². The molecule has 0 aromatic heterocycles. The molecule has 0 radical (unpaired) electrons. The fourth-order valence-electron chi connectivity index (χ4n) is 1.91. The SMILES string of the molecule is O=C1CC(Cl)CN1CCN1CCNC1=O. The molecule has 6 heteroatoms. The average Bonchev–Trinajstić information content (AvgIpc) is 2.70. The number of likely N-dealkylation sites (tertiary alicyclic amines) is 1. The topological polar surface area (TPSA) is 52.7 Å². The number of halogens is 1. The summed E-state index contributed by atoms with van der Waals surface area (Å²) in [6.07, 6.45) is 0.424. The number of alkyl halides is 1. The molecule has 3 amide bonds. The van der Waals surface area contributed by atoms with Gasteiger partial charge in [0, 0.05) is 39.1 Å². The molecule has 84 valence electrons. The predicted octanol–water partition coefficient (Wildman–Crippen LogP) is -0.149. The van der Waals surface area contributed by atoms with Crippen LogP contribution in [0.5, 0.6) is 0 Å². The molecule has 2 aliphatic rings. The van der Waals surface area contributed by atoms with E-state index in [1.54, 1.807) is 9.80 Å². The molecule has 1 N–H and O–H groups in total. The van der Waals surface area contributed by atoms with Crippen molar-refractivity contribution < 1.29 is 9.59 Å². The molecule has 1 atom stereocenters. The summed E-state index contributed by atoms with van der Waals surface area (Å²) < 4.78 is 0. The van der Waals surface area contributed by atoms with Crippen LogP contribution < -0.4 is 5.32 Å². The number of carbonyl (C=O) groups is 2. The van der Waals surface area contributed by atoms with Crippen LogP contribution >= 0.6 is 11.6 Å². The van der Waals surface area contributed by atoms with Gasteiger partial charge in [-0.05, 0) is 0 Å². The Bertz CT molecular complexity index is 285.